The van der Waals surface area contributed by atoms with Crippen LogP contribution in [0.2, 0.25) is 0 Å². The first-order valence-corrected chi connectivity index (χ1v) is 6.64. The van der Waals surface area contributed by atoms with Crippen LogP contribution in [0.3, 0.4) is 0 Å². The third-order valence-electron chi connectivity index (χ3n) is 3.02. The van der Waals surface area contributed by atoms with Gasteiger partial charge in [-0.05, 0) is 48.4 Å². The largest absolute Gasteiger partial charge is 0.489 e. The van der Waals surface area contributed by atoms with Crippen LogP contribution in [0.4, 0.5) is 4.39 Å². The van der Waals surface area contributed by atoms with Crippen LogP contribution in [0, 0.1) is 24.1 Å². The summed E-state index contributed by atoms with van der Waals surface area (Å²) in [5, 5.41) is 8.82. The van der Waals surface area contributed by atoms with Crippen molar-refractivity contribution in [1.29, 1.82) is 5.26 Å². The summed E-state index contributed by atoms with van der Waals surface area (Å²) in [4.78, 5) is 0. The second kappa shape index (κ2) is 6.40. The van der Waals surface area contributed by atoms with Crippen molar-refractivity contribution in [3.05, 3.63) is 64.5 Å². The molecule has 20 heavy (non-hydrogen) atoms. The van der Waals surface area contributed by atoms with Crippen LogP contribution in [0.25, 0.3) is 0 Å². The molecule has 0 fully saturated rings. The van der Waals surface area contributed by atoms with Crippen LogP contribution in [0.1, 0.15) is 22.3 Å². The lowest BCUT2D eigenvalue weighted by molar-refractivity contribution is 0.302. The van der Waals surface area contributed by atoms with E-state index in [4.69, 9.17) is 21.6 Å². The molecular formula is C16H13ClFNO. The van der Waals surface area contributed by atoms with E-state index in [1.54, 1.807) is 12.1 Å². The topological polar surface area (TPSA) is 33.0 Å². The maximum Gasteiger partial charge on any atom is 0.124 e. The van der Waals surface area contributed by atoms with Gasteiger partial charge in [0.1, 0.15) is 18.2 Å². The van der Waals surface area contributed by atoms with Gasteiger partial charge >= 0.3 is 0 Å². The summed E-state index contributed by atoms with van der Waals surface area (Å²) in [7, 11) is 0. The van der Waals surface area contributed by atoms with E-state index in [0.29, 0.717) is 23.5 Å². The van der Waals surface area contributed by atoms with E-state index < -0.39 is 0 Å². The molecule has 0 unspecified atom stereocenters. The van der Waals surface area contributed by atoms with Crippen LogP contribution in [0.5, 0.6) is 5.75 Å². The van der Waals surface area contributed by atoms with Crippen molar-refractivity contribution in [3.63, 3.8) is 0 Å². The molecule has 0 aliphatic heterocycles. The summed E-state index contributed by atoms with van der Waals surface area (Å²) >= 11 is 5.77. The molecular weight excluding hydrogens is 277 g/mol. The maximum atomic E-state index is 13.1. The Hall–Kier alpha value is -2.05. The number of alkyl halides is 1. The van der Waals surface area contributed by atoms with Gasteiger partial charge in [0.15, 0.2) is 0 Å². The lowest BCUT2D eigenvalue weighted by atomic mass is 10.1. The van der Waals surface area contributed by atoms with Crippen LogP contribution in [-0.4, -0.2) is 0 Å². The summed E-state index contributed by atoms with van der Waals surface area (Å²) in [5.41, 5.74) is 3.21. The van der Waals surface area contributed by atoms with Gasteiger partial charge in [-0.15, -0.1) is 11.6 Å². The van der Waals surface area contributed by atoms with Crippen molar-refractivity contribution >= 4 is 11.6 Å². The van der Waals surface area contributed by atoms with E-state index in [1.165, 1.54) is 12.1 Å². The highest BCUT2D eigenvalue weighted by Gasteiger charge is 2.06. The van der Waals surface area contributed by atoms with Gasteiger partial charge in [-0.2, -0.15) is 5.26 Å². The second-order valence-corrected chi connectivity index (χ2v) is 4.69. The Morgan fingerprint density at radius 2 is 2.00 bits per heavy atom. The van der Waals surface area contributed by atoms with E-state index in [-0.39, 0.29) is 11.7 Å². The summed E-state index contributed by atoms with van der Waals surface area (Å²) in [6, 6.07) is 11.8. The fourth-order valence-corrected chi connectivity index (χ4v) is 2.08. The molecule has 2 nitrogen and oxygen atoms in total. The molecule has 0 aromatic heterocycles. The standard InChI is InChI=1S/C16H13ClFNO/c1-11-6-12(9-19)2-3-13(11)10-20-16-5-4-15(18)7-14(16)8-17/h2-7H,8,10H2,1H3. The number of hydrogen-bond acceptors (Lipinski definition) is 2. The molecule has 2 aromatic rings. The van der Waals surface area contributed by atoms with Crippen molar-refractivity contribution < 1.29 is 9.13 Å². The zero-order valence-corrected chi connectivity index (χ0v) is 11.7. The molecule has 4 heteroatoms. The van der Waals surface area contributed by atoms with E-state index in [0.717, 1.165) is 11.1 Å². The molecule has 0 N–H and O–H groups in total. The van der Waals surface area contributed by atoms with Crippen LogP contribution < -0.4 is 4.74 Å². The highest BCUT2D eigenvalue weighted by molar-refractivity contribution is 6.17. The molecule has 0 radical (unpaired) electrons. The molecule has 2 aromatic carbocycles. The predicted molar refractivity (Wildman–Crippen MR) is 76.2 cm³/mol. The fraction of sp³-hybridized carbons (Fsp3) is 0.188. The number of halogens is 2. The van der Waals surface area contributed by atoms with Crippen LogP contribution in [-0.2, 0) is 12.5 Å². The van der Waals surface area contributed by atoms with Gasteiger partial charge in [0.05, 0.1) is 17.5 Å². The van der Waals surface area contributed by atoms with Gasteiger partial charge in [0.25, 0.3) is 0 Å². The first-order chi connectivity index (χ1) is 9.63. The van der Waals surface area contributed by atoms with Crippen LogP contribution >= 0.6 is 11.6 Å². The van der Waals surface area contributed by atoms with Crippen molar-refractivity contribution in [2.45, 2.75) is 19.4 Å². The minimum atomic E-state index is -0.331. The molecule has 0 bridgehead atoms. The average molecular weight is 290 g/mol. The molecule has 102 valence electrons. The number of aryl methyl sites for hydroxylation is 1. The highest BCUT2D eigenvalue weighted by atomic mass is 35.5. The van der Waals surface area contributed by atoms with Gasteiger partial charge < -0.3 is 4.74 Å². The summed E-state index contributed by atoms with van der Waals surface area (Å²) in [6.07, 6.45) is 0. The number of ether oxygens (including phenoxy) is 1. The van der Waals surface area contributed by atoms with Crippen molar-refractivity contribution in [1.82, 2.24) is 0 Å². The zero-order chi connectivity index (χ0) is 14.5. The normalized spacial score (nSPS) is 10.1. The monoisotopic (exact) mass is 289 g/mol. The molecule has 0 heterocycles. The summed E-state index contributed by atoms with van der Waals surface area (Å²) < 4.78 is 18.8. The minimum Gasteiger partial charge on any atom is -0.489 e. The van der Waals surface area contributed by atoms with Crippen molar-refractivity contribution in [2.75, 3.05) is 0 Å². The van der Waals surface area contributed by atoms with E-state index in [2.05, 4.69) is 6.07 Å². The molecule has 0 spiro atoms. The van der Waals surface area contributed by atoms with Gasteiger partial charge in [0.2, 0.25) is 0 Å². The van der Waals surface area contributed by atoms with Gasteiger partial charge in [-0.3, -0.25) is 0 Å². The Bertz CT molecular complexity index is 664. The fourth-order valence-electron chi connectivity index (χ4n) is 1.88. The average Bonchev–Trinajstić information content (AvgIpc) is 2.46. The molecule has 0 aliphatic carbocycles. The zero-order valence-electron chi connectivity index (χ0n) is 11.0. The Kier molecular flexibility index (Phi) is 4.60. The summed E-state index contributed by atoms with van der Waals surface area (Å²) in [5.74, 6) is 0.437. The highest BCUT2D eigenvalue weighted by Crippen LogP contribution is 2.23. The predicted octanol–water partition coefficient (Wildman–Crippen LogP) is 4.32. The maximum absolute atomic E-state index is 13.1. The smallest absolute Gasteiger partial charge is 0.124 e. The Balaban J connectivity index is 2.15. The molecule has 0 aliphatic rings. The van der Waals surface area contributed by atoms with Crippen molar-refractivity contribution in [2.24, 2.45) is 0 Å². The summed E-state index contributed by atoms with van der Waals surface area (Å²) in [6.45, 7) is 2.28. The quantitative estimate of drug-likeness (QED) is 0.785. The molecule has 0 saturated heterocycles. The Morgan fingerprint density at radius 3 is 2.65 bits per heavy atom. The third kappa shape index (κ3) is 3.28. The first kappa shape index (κ1) is 14.4. The lowest BCUT2D eigenvalue weighted by Gasteiger charge is -2.12. The van der Waals surface area contributed by atoms with E-state index >= 15 is 0 Å². The van der Waals surface area contributed by atoms with Crippen LogP contribution in [0.15, 0.2) is 36.4 Å². The van der Waals surface area contributed by atoms with Gasteiger partial charge in [0, 0.05) is 5.56 Å². The number of nitrogens with zero attached hydrogens (tertiary/aromatic N) is 1. The Labute approximate surface area is 122 Å². The third-order valence-corrected chi connectivity index (χ3v) is 3.31. The number of nitriles is 1. The van der Waals surface area contributed by atoms with Gasteiger partial charge in [-0.25, -0.2) is 4.39 Å². The number of hydrogen-bond donors (Lipinski definition) is 0. The first-order valence-electron chi connectivity index (χ1n) is 6.11. The van der Waals surface area contributed by atoms with Gasteiger partial charge in [-0.1, -0.05) is 6.07 Å². The number of rotatable bonds is 4. The van der Waals surface area contributed by atoms with E-state index in [9.17, 15) is 4.39 Å². The minimum absolute atomic E-state index is 0.194. The lowest BCUT2D eigenvalue weighted by Crippen LogP contribution is -2.00. The van der Waals surface area contributed by atoms with E-state index in [1.807, 2.05) is 19.1 Å². The van der Waals surface area contributed by atoms with Crippen molar-refractivity contribution in [3.8, 4) is 11.8 Å². The second-order valence-electron chi connectivity index (χ2n) is 4.43. The molecule has 0 saturated carbocycles. The Morgan fingerprint density at radius 1 is 1.20 bits per heavy atom. The molecule has 0 atom stereocenters. The SMILES string of the molecule is Cc1cc(C#N)ccc1COc1ccc(F)cc1CCl. The number of benzene rings is 2. The molecule has 0 amide bonds. The molecule has 2 rings (SSSR count).